The Morgan fingerprint density at radius 1 is 1.09 bits per heavy atom. The molecule has 2 aromatic carbocycles. The van der Waals surface area contributed by atoms with E-state index in [1.54, 1.807) is 0 Å². The maximum atomic E-state index is 6.14. The van der Waals surface area contributed by atoms with Gasteiger partial charge in [0.1, 0.15) is 5.75 Å². The highest BCUT2D eigenvalue weighted by Gasteiger charge is 2.38. The van der Waals surface area contributed by atoms with Gasteiger partial charge in [-0.25, -0.2) is 4.99 Å². The zero-order valence-electron chi connectivity index (χ0n) is 13.0. The third kappa shape index (κ3) is 3.02. The molecular weight excluding hydrogens is 286 g/mol. The average molecular weight is 307 g/mol. The fourth-order valence-electron chi connectivity index (χ4n) is 3.28. The minimum atomic E-state index is 0.0846. The molecule has 0 spiro atoms. The molecule has 1 heterocycles. The topological polar surface area (TPSA) is 59.6 Å². The standard InChI is InChI=1S/C19H21N3O/c20-19(22-17-12-15(17)13-6-2-1-3-7-13)21-16-10-11-23-18-9-5-4-8-14(16)18/h1-9,15-17H,10-12H2,(H3,20,21,22). The van der Waals surface area contributed by atoms with Crippen molar-refractivity contribution in [3.63, 3.8) is 0 Å². The van der Waals surface area contributed by atoms with Gasteiger partial charge in [0.05, 0.1) is 12.6 Å². The molecule has 4 nitrogen and oxygen atoms in total. The summed E-state index contributed by atoms with van der Waals surface area (Å²) < 4.78 is 5.67. The van der Waals surface area contributed by atoms with Crippen LogP contribution >= 0.6 is 0 Å². The van der Waals surface area contributed by atoms with E-state index in [1.807, 2.05) is 24.3 Å². The molecule has 1 fully saturated rings. The normalized spacial score (nSPS) is 26.1. The third-order valence-electron chi connectivity index (χ3n) is 4.57. The Labute approximate surface area is 136 Å². The van der Waals surface area contributed by atoms with Crippen LogP contribution in [0.25, 0.3) is 0 Å². The third-order valence-corrected chi connectivity index (χ3v) is 4.57. The van der Waals surface area contributed by atoms with Crippen LogP contribution in [0.2, 0.25) is 0 Å². The lowest BCUT2D eigenvalue weighted by Gasteiger charge is -2.23. The first-order chi connectivity index (χ1) is 11.3. The van der Waals surface area contributed by atoms with E-state index < -0.39 is 0 Å². The summed E-state index contributed by atoms with van der Waals surface area (Å²) in [6.07, 6.45) is 1.98. The lowest BCUT2D eigenvalue weighted by atomic mass is 10.0. The van der Waals surface area contributed by atoms with E-state index in [-0.39, 0.29) is 6.04 Å². The molecule has 0 saturated heterocycles. The van der Waals surface area contributed by atoms with E-state index in [0.29, 0.717) is 24.5 Å². The maximum absolute atomic E-state index is 6.14. The maximum Gasteiger partial charge on any atom is 0.189 e. The zero-order valence-corrected chi connectivity index (χ0v) is 13.0. The summed E-state index contributed by atoms with van der Waals surface area (Å²) in [4.78, 5) is 4.69. The first kappa shape index (κ1) is 14.1. The van der Waals surface area contributed by atoms with Crippen molar-refractivity contribution in [2.45, 2.75) is 30.8 Å². The number of nitrogens with one attached hydrogen (secondary N) is 1. The van der Waals surface area contributed by atoms with Crippen molar-refractivity contribution in [2.24, 2.45) is 10.7 Å². The van der Waals surface area contributed by atoms with Crippen molar-refractivity contribution < 1.29 is 4.74 Å². The highest BCUT2D eigenvalue weighted by molar-refractivity contribution is 5.79. The second-order valence-corrected chi connectivity index (χ2v) is 6.21. The number of para-hydroxylation sites is 1. The van der Waals surface area contributed by atoms with Crippen LogP contribution in [0.3, 0.4) is 0 Å². The fraction of sp³-hybridized carbons (Fsp3) is 0.316. The summed E-state index contributed by atoms with van der Waals surface area (Å²) in [5.41, 5.74) is 8.63. The highest BCUT2D eigenvalue weighted by atomic mass is 16.5. The van der Waals surface area contributed by atoms with Gasteiger partial charge < -0.3 is 15.8 Å². The van der Waals surface area contributed by atoms with Crippen LogP contribution in [0.4, 0.5) is 0 Å². The quantitative estimate of drug-likeness (QED) is 0.677. The minimum Gasteiger partial charge on any atom is -0.493 e. The zero-order chi connectivity index (χ0) is 15.6. The van der Waals surface area contributed by atoms with Crippen molar-refractivity contribution in [1.29, 1.82) is 0 Å². The predicted molar refractivity (Wildman–Crippen MR) is 91.6 cm³/mol. The first-order valence-electron chi connectivity index (χ1n) is 8.18. The van der Waals surface area contributed by atoms with E-state index in [2.05, 4.69) is 40.6 Å². The largest absolute Gasteiger partial charge is 0.493 e. The predicted octanol–water partition coefficient (Wildman–Crippen LogP) is 2.97. The van der Waals surface area contributed by atoms with Crippen LogP contribution in [-0.4, -0.2) is 18.6 Å². The molecule has 118 valence electrons. The van der Waals surface area contributed by atoms with E-state index in [1.165, 1.54) is 5.56 Å². The summed E-state index contributed by atoms with van der Waals surface area (Å²) >= 11 is 0. The van der Waals surface area contributed by atoms with E-state index in [0.717, 1.165) is 24.2 Å². The van der Waals surface area contributed by atoms with Crippen LogP contribution in [0.5, 0.6) is 5.75 Å². The molecule has 0 aromatic heterocycles. The SMILES string of the molecule is NC(=NC1CCOc2ccccc21)NC1CC1c1ccccc1. The molecule has 2 aliphatic rings. The molecule has 0 radical (unpaired) electrons. The van der Waals surface area contributed by atoms with E-state index in [9.17, 15) is 0 Å². The molecule has 23 heavy (non-hydrogen) atoms. The lowest BCUT2D eigenvalue weighted by Crippen LogP contribution is -2.35. The van der Waals surface area contributed by atoms with Gasteiger partial charge in [-0.15, -0.1) is 0 Å². The number of benzene rings is 2. The smallest absolute Gasteiger partial charge is 0.189 e. The molecule has 0 amide bonds. The molecule has 4 heteroatoms. The lowest BCUT2D eigenvalue weighted by molar-refractivity contribution is 0.269. The van der Waals surface area contributed by atoms with Gasteiger partial charge in [0.25, 0.3) is 0 Å². The van der Waals surface area contributed by atoms with Crippen molar-refractivity contribution in [2.75, 3.05) is 6.61 Å². The Balaban J connectivity index is 1.43. The van der Waals surface area contributed by atoms with Crippen molar-refractivity contribution in [3.8, 4) is 5.75 Å². The van der Waals surface area contributed by atoms with Crippen LogP contribution in [0.1, 0.15) is 35.9 Å². The average Bonchev–Trinajstić information content (AvgIpc) is 3.35. The van der Waals surface area contributed by atoms with Gasteiger partial charge in [-0.2, -0.15) is 0 Å². The van der Waals surface area contributed by atoms with E-state index in [4.69, 9.17) is 10.5 Å². The van der Waals surface area contributed by atoms with Gasteiger partial charge in [-0.3, -0.25) is 0 Å². The molecule has 2 aromatic rings. The summed E-state index contributed by atoms with van der Waals surface area (Å²) in [6, 6.07) is 19.1. The number of aliphatic imine (C=N–C) groups is 1. The number of guanidine groups is 1. The number of fused-ring (bicyclic) bond motifs is 1. The summed E-state index contributed by atoms with van der Waals surface area (Å²) in [6.45, 7) is 0.689. The second-order valence-electron chi connectivity index (χ2n) is 6.21. The Hall–Kier alpha value is -2.49. The van der Waals surface area contributed by atoms with Crippen molar-refractivity contribution in [1.82, 2.24) is 5.32 Å². The monoisotopic (exact) mass is 307 g/mol. The number of hydrogen-bond acceptors (Lipinski definition) is 2. The number of hydrogen-bond donors (Lipinski definition) is 2. The molecule has 3 N–H and O–H groups in total. The number of ether oxygens (including phenoxy) is 1. The van der Waals surface area contributed by atoms with Gasteiger partial charge in [0.2, 0.25) is 0 Å². The Bertz CT molecular complexity index is 714. The van der Waals surface area contributed by atoms with Crippen LogP contribution in [-0.2, 0) is 0 Å². The number of nitrogens with two attached hydrogens (primary N) is 1. The first-order valence-corrected chi connectivity index (χ1v) is 8.18. The van der Waals surface area contributed by atoms with Crippen molar-refractivity contribution in [3.05, 3.63) is 65.7 Å². The summed E-state index contributed by atoms with van der Waals surface area (Å²) in [5.74, 6) is 2.01. The Kier molecular flexibility index (Phi) is 3.66. The van der Waals surface area contributed by atoms with Gasteiger partial charge in [-0.1, -0.05) is 48.5 Å². The van der Waals surface area contributed by atoms with Gasteiger partial charge >= 0.3 is 0 Å². The van der Waals surface area contributed by atoms with Crippen molar-refractivity contribution >= 4 is 5.96 Å². The van der Waals surface area contributed by atoms with Gasteiger partial charge in [0, 0.05) is 23.9 Å². The van der Waals surface area contributed by atoms with Crippen LogP contribution in [0, 0.1) is 0 Å². The Morgan fingerprint density at radius 2 is 1.87 bits per heavy atom. The molecule has 0 bridgehead atoms. The second kappa shape index (κ2) is 5.95. The molecule has 3 unspecified atom stereocenters. The molecule has 3 atom stereocenters. The minimum absolute atomic E-state index is 0.0846. The Morgan fingerprint density at radius 3 is 2.74 bits per heavy atom. The summed E-state index contributed by atoms with van der Waals surface area (Å²) in [7, 11) is 0. The van der Waals surface area contributed by atoms with Crippen LogP contribution < -0.4 is 15.8 Å². The summed E-state index contributed by atoms with van der Waals surface area (Å²) in [5, 5.41) is 3.37. The molecule has 1 saturated carbocycles. The fourth-order valence-corrected chi connectivity index (χ4v) is 3.28. The van der Waals surface area contributed by atoms with Crippen LogP contribution in [0.15, 0.2) is 59.6 Å². The van der Waals surface area contributed by atoms with E-state index >= 15 is 0 Å². The number of nitrogens with zero attached hydrogens (tertiary/aromatic N) is 1. The molecule has 4 rings (SSSR count). The highest BCUT2D eigenvalue weighted by Crippen LogP contribution is 2.40. The molecular formula is C19H21N3O. The number of rotatable bonds is 3. The molecule has 1 aliphatic carbocycles. The molecule has 1 aliphatic heterocycles. The van der Waals surface area contributed by atoms with Gasteiger partial charge in [-0.05, 0) is 18.1 Å². The van der Waals surface area contributed by atoms with Gasteiger partial charge in [0.15, 0.2) is 5.96 Å².